The lowest BCUT2D eigenvalue weighted by Crippen LogP contribution is -2.23. The zero-order chi connectivity index (χ0) is 17.9. The smallest absolute Gasteiger partial charge is 0.252 e. The van der Waals surface area contributed by atoms with Gasteiger partial charge in [0, 0.05) is 29.9 Å². The van der Waals surface area contributed by atoms with Crippen molar-refractivity contribution in [3.05, 3.63) is 54.2 Å². The molecule has 3 aromatic rings. The summed E-state index contributed by atoms with van der Waals surface area (Å²) >= 11 is 0. The van der Waals surface area contributed by atoms with Crippen molar-refractivity contribution in [2.75, 3.05) is 23.7 Å². The van der Waals surface area contributed by atoms with E-state index in [9.17, 15) is 4.79 Å². The molecular formula is C19H20N6O. The van der Waals surface area contributed by atoms with Crippen LogP contribution < -0.4 is 21.7 Å². The molecule has 1 aliphatic heterocycles. The Morgan fingerprint density at radius 3 is 2.96 bits per heavy atom. The summed E-state index contributed by atoms with van der Waals surface area (Å²) in [6.45, 7) is 1.90. The van der Waals surface area contributed by atoms with E-state index >= 15 is 0 Å². The Kier molecular flexibility index (Phi) is 4.37. The lowest BCUT2D eigenvalue weighted by molar-refractivity contribution is 0.100. The predicted octanol–water partition coefficient (Wildman–Crippen LogP) is 2.25. The Hall–Kier alpha value is -3.19. The Morgan fingerprint density at radius 1 is 1.23 bits per heavy atom. The molecule has 7 nitrogen and oxygen atoms in total. The molecular weight excluding hydrogens is 328 g/mol. The van der Waals surface area contributed by atoms with Gasteiger partial charge in [-0.2, -0.15) is 0 Å². The first-order valence-corrected chi connectivity index (χ1v) is 8.59. The second-order valence-electron chi connectivity index (χ2n) is 6.33. The van der Waals surface area contributed by atoms with E-state index in [1.165, 1.54) is 0 Å². The molecule has 1 atom stereocenters. The maximum atomic E-state index is 11.8. The summed E-state index contributed by atoms with van der Waals surface area (Å²) in [5.41, 5.74) is 7.59. The summed E-state index contributed by atoms with van der Waals surface area (Å²) in [6.07, 6.45) is 2.80. The number of nitrogens with one attached hydrogen (secondary N) is 3. The minimum absolute atomic E-state index is 0.335. The molecule has 132 valence electrons. The summed E-state index contributed by atoms with van der Waals surface area (Å²) in [4.78, 5) is 20.7. The number of benzene rings is 1. The van der Waals surface area contributed by atoms with Crippen molar-refractivity contribution in [1.82, 2.24) is 15.3 Å². The highest BCUT2D eigenvalue weighted by Gasteiger charge is 2.16. The van der Waals surface area contributed by atoms with E-state index < -0.39 is 5.91 Å². The molecule has 0 spiro atoms. The van der Waals surface area contributed by atoms with E-state index in [1.54, 1.807) is 18.3 Å². The van der Waals surface area contributed by atoms with E-state index in [-0.39, 0.29) is 0 Å². The molecule has 1 amide bonds. The third-order valence-electron chi connectivity index (χ3n) is 4.44. The number of hydrogen-bond donors (Lipinski definition) is 4. The van der Waals surface area contributed by atoms with Gasteiger partial charge in [-0.15, -0.1) is 0 Å². The van der Waals surface area contributed by atoms with Crippen molar-refractivity contribution in [3.63, 3.8) is 0 Å². The highest BCUT2D eigenvalue weighted by atomic mass is 16.1. The molecule has 2 aromatic heterocycles. The van der Waals surface area contributed by atoms with E-state index in [2.05, 4.69) is 25.9 Å². The van der Waals surface area contributed by atoms with Gasteiger partial charge in [-0.25, -0.2) is 4.98 Å². The van der Waals surface area contributed by atoms with Gasteiger partial charge in [-0.1, -0.05) is 6.07 Å². The van der Waals surface area contributed by atoms with Gasteiger partial charge in [-0.05, 0) is 49.4 Å². The monoisotopic (exact) mass is 348 g/mol. The molecule has 7 heteroatoms. The third kappa shape index (κ3) is 3.43. The first kappa shape index (κ1) is 16.3. The lowest BCUT2D eigenvalue weighted by atomic mass is 10.2. The number of nitrogens with zero attached hydrogens (tertiary/aromatic N) is 2. The molecule has 1 aliphatic rings. The van der Waals surface area contributed by atoms with Crippen LogP contribution in [0.4, 0.5) is 17.3 Å². The zero-order valence-electron chi connectivity index (χ0n) is 14.2. The Bertz CT molecular complexity index is 952. The van der Waals surface area contributed by atoms with Gasteiger partial charge >= 0.3 is 0 Å². The maximum absolute atomic E-state index is 11.8. The standard InChI is InChI=1S/C19H20N6O/c20-18(26)15-4-6-17(23-14-7-9-21-11-14)25-19(15)24-13-3-5-16-12(10-13)2-1-8-22-16/h1-6,8,10,14,21H,7,9,11H2,(H2,20,26)(H2,23,24,25)/t14-/m1/s1. The van der Waals surface area contributed by atoms with E-state index in [1.807, 2.05) is 30.3 Å². The van der Waals surface area contributed by atoms with Gasteiger partial charge in [0.05, 0.1) is 11.1 Å². The second kappa shape index (κ2) is 6.97. The quantitative estimate of drug-likeness (QED) is 0.564. The number of nitrogens with two attached hydrogens (primary N) is 1. The van der Waals surface area contributed by atoms with Crippen LogP contribution in [0.15, 0.2) is 48.7 Å². The summed E-state index contributed by atoms with van der Waals surface area (Å²) < 4.78 is 0. The zero-order valence-corrected chi connectivity index (χ0v) is 14.2. The Labute approximate surface area is 151 Å². The van der Waals surface area contributed by atoms with Crippen LogP contribution in [-0.4, -0.2) is 35.0 Å². The molecule has 1 fully saturated rings. The van der Waals surface area contributed by atoms with Gasteiger partial charge in [0.1, 0.15) is 11.6 Å². The van der Waals surface area contributed by atoms with Gasteiger partial charge in [-0.3, -0.25) is 9.78 Å². The molecule has 0 unspecified atom stereocenters. The van der Waals surface area contributed by atoms with E-state index in [0.717, 1.165) is 36.1 Å². The van der Waals surface area contributed by atoms with Crippen molar-refractivity contribution in [2.45, 2.75) is 12.5 Å². The fraction of sp³-hybridized carbons (Fsp3) is 0.211. The molecule has 0 radical (unpaired) electrons. The van der Waals surface area contributed by atoms with Crippen LogP contribution in [0, 0.1) is 0 Å². The average molecular weight is 348 g/mol. The molecule has 0 bridgehead atoms. The fourth-order valence-corrected chi connectivity index (χ4v) is 3.11. The maximum Gasteiger partial charge on any atom is 0.252 e. The summed E-state index contributed by atoms with van der Waals surface area (Å²) in [5.74, 6) is 0.641. The van der Waals surface area contributed by atoms with Crippen LogP contribution in [0.1, 0.15) is 16.8 Å². The van der Waals surface area contributed by atoms with Crippen molar-refractivity contribution < 1.29 is 4.79 Å². The minimum Gasteiger partial charge on any atom is -0.366 e. The van der Waals surface area contributed by atoms with Crippen LogP contribution in [0.25, 0.3) is 10.9 Å². The van der Waals surface area contributed by atoms with Gasteiger partial charge in [0.2, 0.25) is 0 Å². The molecule has 0 aliphatic carbocycles. The topological polar surface area (TPSA) is 105 Å². The largest absolute Gasteiger partial charge is 0.366 e. The average Bonchev–Trinajstić information content (AvgIpc) is 3.14. The summed E-state index contributed by atoms with van der Waals surface area (Å²) in [7, 11) is 0. The van der Waals surface area contributed by atoms with Crippen molar-refractivity contribution in [1.29, 1.82) is 0 Å². The van der Waals surface area contributed by atoms with Gasteiger partial charge in [0.25, 0.3) is 5.91 Å². The molecule has 0 saturated carbocycles. The lowest BCUT2D eigenvalue weighted by Gasteiger charge is -2.15. The first-order chi connectivity index (χ1) is 12.7. The van der Waals surface area contributed by atoms with Crippen LogP contribution >= 0.6 is 0 Å². The molecule has 26 heavy (non-hydrogen) atoms. The van der Waals surface area contributed by atoms with Crippen molar-refractivity contribution in [3.8, 4) is 0 Å². The molecule has 4 rings (SSSR count). The highest BCUT2D eigenvalue weighted by molar-refractivity contribution is 5.98. The number of pyridine rings is 2. The minimum atomic E-state index is -0.517. The number of rotatable bonds is 5. The number of aromatic nitrogens is 2. The second-order valence-corrected chi connectivity index (χ2v) is 6.33. The van der Waals surface area contributed by atoms with E-state index in [4.69, 9.17) is 5.73 Å². The fourth-order valence-electron chi connectivity index (χ4n) is 3.11. The van der Waals surface area contributed by atoms with Crippen molar-refractivity contribution >= 4 is 34.1 Å². The summed E-state index contributed by atoms with van der Waals surface area (Å²) in [5, 5.41) is 10.9. The van der Waals surface area contributed by atoms with Gasteiger partial charge < -0.3 is 21.7 Å². The molecule has 3 heterocycles. The van der Waals surface area contributed by atoms with Crippen LogP contribution in [0.3, 0.4) is 0 Å². The van der Waals surface area contributed by atoms with Crippen LogP contribution in [0.5, 0.6) is 0 Å². The number of fused-ring (bicyclic) bond motifs is 1. The van der Waals surface area contributed by atoms with E-state index in [0.29, 0.717) is 23.2 Å². The number of hydrogen-bond acceptors (Lipinski definition) is 6. The SMILES string of the molecule is NC(=O)c1ccc(N[C@@H]2CCNC2)nc1Nc1ccc2ncccc2c1. The number of amides is 1. The number of carbonyl (C=O) groups is 1. The van der Waals surface area contributed by atoms with Crippen molar-refractivity contribution in [2.24, 2.45) is 5.73 Å². The number of primary amides is 1. The first-order valence-electron chi connectivity index (χ1n) is 8.59. The normalized spacial score (nSPS) is 16.5. The van der Waals surface area contributed by atoms with Crippen LogP contribution in [-0.2, 0) is 0 Å². The molecule has 1 aromatic carbocycles. The third-order valence-corrected chi connectivity index (χ3v) is 4.44. The predicted molar refractivity (Wildman–Crippen MR) is 103 cm³/mol. The number of carbonyl (C=O) groups excluding carboxylic acids is 1. The van der Waals surface area contributed by atoms with Gasteiger partial charge in [0.15, 0.2) is 0 Å². The van der Waals surface area contributed by atoms with Crippen LogP contribution in [0.2, 0.25) is 0 Å². The Morgan fingerprint density at radius 2 is 2.15 bits per heavy atom. The number of anilines is 3. The Balaban J connectivity index is 1.64. The summed E-state index contributed by atoms with van der Waals surface area (Å²) in [6, 6.07) is 13.5. The molecule has 1 saturated heterocycles. The highest BCUT2D eigenvalue weighted by Crippen LogP contribution is 2.24. The molecule has 5 N–H and O–H groups in total.